The molecule has 1 rings (SSSR count). The van der Waals surface area contributed by atoms with Gasteiger partial charge in [-0.3, -0.25) is 10.1 Å². The minimum absolute atomic E-state index is 0.0585. The van der Waals surface area contributed by atoms with Crippen LogP contribution >= 0.6 is 0 Å². The number of likely N-dealkylation sites (N-methyl/N-ethyl adjacent to an activating group) is 1. The van der Waals surface area contributed by atoms with Gasteiger partial charge in [0.25, 0.3) is 0 Å². The van der Waals surface area contributed by atoms with Crippen molar-refractivity contribution in [3.8, 4) is 5.75 Å². The van der Waals surface area contributed by atoms with Crippen molar-refractivity contribution in [2.24, 2.45) is 0 Å². The summed E-state index contributed by atoms with van der Waals surface area (Å²) in [5.74, 6) is 0.239. The number of nitro groups is 1. The highest BCUT2D eigenvalue weighted by molar-refractivity contribution is 5.48. The summed E-state index contributed by atoms with van der Waals surface area (Å²) in [6.45, 7) is 3.11. The van der Waals surface area contributed by atoms with Crippen LogP contribution in [0, 0.1) is 10.1 Å². The summed E-state index contributed by atoms with van der Waals surface area (Å²) in [4.78, 5) is 12.4. The molecule has 0 aliphatic rings. The lowest BCUT2D eigenvalue weighted by molar-refractivity contribution is -0.385. The van der Waals surface area contributed by atoms with E-state index in [1.54, 1.807) is 19.1 Å². The maximum absolute atomic E-state index is 10.9. The number of nitrogens with zero attached hydrogens (tertiary/aromatic N) is 2. The van der Waals surface area contributed by atoms with E-state index in [1.807, 2.05) is 19.0 Å². The first-order chi connectivity index (χ1) is 9.75. The number of methoxy groups -OCH3 is 1. The molecule has 21 heavy (non-hydrogen) atoms. The molecule has 7 heteroatoms. The Hall–Kier alpha value is -1.70. The van der Waals surface area contributed by atoms with Gasteiger partial charge < -0.3 is 20.1 Å². The highest BCUT2D eigenvalue weighted by Crippen LogP contribution is 2.27. The Morgan fingerprint density at radius 1 is 1.48 bits per heavy atom. The Bertz CT molecular complexity index is 489. The Labute approximate surface area is 124 Å². The monoisotopic (exact) mass is 297 g/mol. The second kappa shape index (κ2) is 7.35. The predicted molar refractivity (Wildman–Crippen MR) is 80.5 cm³/mol. The molecule has 0 aliphatic carbocycles. The zero-order valence-electron chi connectivity index (χ0n) is 12.9. The first-order valence-corrected chi connectivity index (χ1v) is 6.64. The first kappa shape index (κ1) is 17.4. The number of hydrogen-bond donors (Lipinski definition) is 2. The second-order valence-corrected chi connectivity index (χ2v) is 5.60. The third-order valence-electron chi connectivity index (χ3n) is 2.93. The van der Waals surface area contributed by atoms with Gasteiger partial charge in [0, 0.05) is 25.7 Å². The Kier molecular flexibility index (Phi) is 6.07. The summed E-state index contributed by atoms with van der Waals surface area (Å²) in [5, 5.41) is 24.2. The van der Waals surface area contributed by atoms with Gasteiger partial charge in [-0.2, -0.15) is 0 Å². The van der Waals surface area contributed by atoms with E-state index in [1.165, 1.54) is 13.2 Å². The molecular formula is C14H23N3O4. The van der Waals surface area contributed by atoms with Crippen molar-refractivity contribution in [1.29, 1.82) is 0 Å². The first-order valence-electron chi connectivity index (χ1n) is 6.64. The van der Waals surface area contributed by atoms with Crippen LogP contribution in [0.5, 0.6) is 5.75 Å². The van der Waals surface area contributed by atoms with Gasteiger partial charge in [-0.25, -0.2) is 0 Å². The van der Waals surface area contributed by atoms with Gasteiger partial charge >= 0.3 is 5.69 Å². The maximum atomic E-state index is 10.9. The van der Waals surface area contributed by atoms with Crippen molar-refractivity contribution >= 4 is 5.69 Å². The molecule has 0 bridgehead atoms. The Morgan fingerprint density at radius 3 is 2.67 bits per heavy atom. The molecule has 118 valence electrons. The van der Waals surface area contributed by atoms with E-state index < -0.39 is 10.5 Å². The summed E-state index contributed by atoms with van der Waals surface area (Å²) in [5.41, 5.74) is -0.151. The number of nitro benzene ring substituents is 1. The average molecular weight is 297 g/mol. The Morgan fingerprint density at radius 2 is 2.14 bits per heavy atom. The van der Waals surface area contributed by atoms with E-state index in [-0.39, 0.29) is 11.4 Å². The SMILES string of the molecule is COc1ccc(CNCC(C)(O)CN(C)C)cc1[N+](=O)[O-]. The van der Waals surface area contributed by atoms with Crippen LogP contribution in [0.2, 0.25) is 0 Å². The highest BCUT2D eigenvalue weighted by atomic mass is 16.6. The molecule has 0 aliphatic heterocycles. The van der Waals surface area contributed by atoms with E-state index in [0.717, 1.165) is 5.56 Å². The van der Waals surface area contributed by atoms with Gasteiger partial charge in [-0.15, -0.1) is 0 Å². The van der Waals surface area contributed by atoms with Gasteiger partial charge in [0.2, 0.25) is 0 Å². The predicted octanol–water partition coefficient (Wildman–Crippen LogP) is 1.01. The molecule has 1 atom stereocenters. The highest BCUT2D eigenvalue weighted by Gasteiger charge is 2.21. The van der Waals surface area contributed by atoms with E-state index in [0.29, 0.717) is 19.6 Å². The summed E-state index contributed by atoms with van der Waals surface area (Å²) in [7, 11) is 5.18. The molecule has 0 spiro atoms. The summed E-state index contributed by atoms with van der Waals surface area (Å²) in [6, 6.07) is 4.82. The number of ether oxygens (including phenoxy) is 1. The van der Waals surface area contributed by atoms with Crippen molar-refractivity contribution < 1.29 is 14.8 Å². The number of hydrogen-bond acceptors (Lipinski definition) is 6. The minimum Gasteiger partial charge on any atom is -0.490 e. The van der Waals surface area contributed by atoms with Gasteiger partial charge in [0.1, 0.15) is 0 Å². The van der Waals surface area contributed by atoms with Gasteiger partial charge in [-0.1, -0.05) is 6.07 Å². The van der Waals surface area contributed by atoms with Crippen molar-refractivity contribution in [3.05, 3.63) is 33.9 Å². The molecule has 1 aromatic rings. The number of nitrogens with one attached hydrogen (secondary N) is 1. The van der Waals surface area contributed by atoms with E-state index in [9.17, 15) is 15.2 Å². The van der Waals surface area contributed by atoms with Gasteiger partial charge in [0.05, 0.1) is 17.6 Å². The quantitative estimate of drug-likeness (QED) is 0.550. The topological polar surface area (TPSA) is 87.9 Å². The lowest BCUT2D eigenvalue weighted by Crippen LogP contribution is -2.45. The van der Waals surface area contributed by atoms with E-state index in [2.05, 4.69) is 5.32 Å². The van der Waals surface area contributed by atoms with Crippen molar-refractivity contribution in [2.45, 2.75) is 19.1 Å². The lowest BCUT2D eigenvalue weighted by Gasteiger charge is -2.27. The largest absolute Gasteiger partial charge is 0.490 e. The van der Waals surface area contributed by atoms with Crippen molar-refractivity contribution in [3.63, 3.8) is 0 Å². The van der Waals surface area contributed by atoms with Crippen LogP contribution in [0.4, 0.5) is 5.69 Å². The normalized spacial score (nSPS) is 14.0. The smallest absolute Gasteiger partial charge is 0.311 e. The van der Waals surface area contributed by atoms with Crippen LogP contribution in [0.25, 0.3) is 0 Å². The van der Waals surface area contributed by atoms with Crippen LogP contribution in [0.1, 0.15) is 12.5 Å². The summed E-state index contributed by atoms with van der Waals surface area (Å²) >= 11 is 0. The number of benzene rings is 1. The molecule has 1 unspecified atom stereocenters. The molecule has 1 aromatic carbocycles. The van der Waals surface area contributed by atoms with Crippen LogP contribution in [0.3, 0.4) is 0 Å². The van der Waals surface area contributed by atoms with Crippen molar-refractivity contribution in [2.75, 3.05) is 34.3 Å². The molecule has 7 nitrogen and oxygen atoms in total. The molecule has 0 heterocycles. The molecule has 0 saturated heterocycles. The van der Waals surface area contributed by atoms with E-state index >= 15 is 0 Å². The number of rotatable bonds is 8. The molecule has 2 N–H and O–H groups in total. The van der Waals surface area contributed by atoms with Crippen LogP contribution in [0.15, 0.2) is 18.2 Å². The second-order valence-electron chi connectivity index (χ2n) is 5.60. The zero-order chi connectivity index (χ0) is 16.0. The van der Waals surface area contributed by atoms with Gasteiger partial charge in [-0.05, 0) is 32.6 Å². The molecule has 0 amide bonds. The Balaban J connectivity index is 2.64. The zero-order valence-corrected chi connectivity index (χ0v) is 12.9. The molecular weight excluding hydrogens is 274 g/mol. The van der Waals surface area contributed by atoms with Gasteiger partial charge in [0.15, 0.2) is 5.75 Å². The average Bonchev–Trinajstić information content (AvgIpc) is 2.36. The standard InChI is InChI=1S/C14H23N3O4/c1-14(18,10-16(2)3)9-15-8-11-5-6-13(21-4)12(7-11)17(19)20/h5-7,15,18H,8-10H2,1-4H3. The lowest BCUT2D eigenvalue weighted by atomic mass is 10.1. The van der Waals surface area contributed by atoms with Crippen LogP contribution in [-0.4, -0.2) is 54.8 Å². The van der Waals surface area contributed by atoms with Crippen molar-refractivity contribution in [1.82, 2.24) is 10.2 Å². The fourth-order valence-corrected chi connectivity index (χ4v) is 2.20. The van der Waals surface area contributed by atoms with Crippen LogP contribution in [-0.2, 0) is 6.54 Å². The summed E-state index contributed by atoms with van der Waals surface area (Å²) in [6.07, 6.45) is 0. The van der Waals surface area contributed by atoms with Crippen LogP contribution < -0.4 is 10.1 Å². The number of aliphatic hydroxyl groups is 1. The minimum atomic E-state index is -0.859. The molecule has 0 aromatic heterocycles. The molecule has 0 radical (unpaired) electrons. The molecule has 0 fully saturated rings. The molecule has 0 saturated carbocycles. The fraction of sp³-hybridized carbons (Fsp3) is 0.571. The third kappa shape index (κ3) is 5.66. The maximum Gasteiger partial charge on any atom is 0.311 e. The third-order valence-corrected chi connectivity index (χ3v) is 2.93. The fourth-order valence-electron chi connectivity index (χ4n) is 2.20. The van der Waals surface area contributed by atoms with E-state index in [4.69, 9.17) is 4.74 Å². The summed E-state index contributed by atoms with van der Waals surface area (Å²) < 4.78 is 4.96.